The highest BCUT2D eigenvalue weighted by atomic mass is 32.1. The molecule has 0 saturated carbocycles. The molecule has 1 atom stereocenters. The van der Waals surface area contributed by atoms with E-state index in [1.165, 1.54) is 16.2 Å². The average molecular weight is 297 g/mol. The third-order valence-corrected chi connectivity index (χ3v) is 4.66. The number of aryl methyl sites for hydroxylation is 1. The van der Waals surface area contributed by atoms with Crippen molar-refractivity contribution >= 4 is 33.8 Å². The second-order valence-electron chi connectivity index (χ2n) is 4.10. The van der Waals surface area contributed by atoms with Crippen molar-refractivity contribution in [2.45, 2.75) is 32.7 Å². The fourth-order valence-electron chi connectivity index (χ4n) is 1.54. The molecule has 0 amide bonds. The van der Waals surface area contributed by atoms with E-state index in [1.807, 2.05) is 13.1 Å². The number of hydrogen-bond donors (Lipinski definition) is 2. The van der Waals surface area contributed by atoms with E-state index in [-0.39, 0.29) is 12.5 Å². The number of hydrogen-bond acceptors (Lipinski definition) is 6. The van der Waals surface area contributed by atoms with Gasteiger partial charge in [0.25, 0.3) is 0 Å². The van der Waals surface area contributed by atoms with Crippen LogP contribution in [0.1, 0.15) is 35.5 Å². The van der Waals surface area contributed by atoms with Crippen LogP contribution in [-0.4, -0.2) is 21.0 Å². The van der Waals surface area contributed by atoms with Gasteiger partial charge in [0.05, 0.1) is 18.2 Å². The second-order valence-corrected chi connectivity index (χ2v) is 6.10. The first kappa shape index (κ1) is 14.0. The van der Waals surface area contributed by atoms with Gasteiger partial charge in [-0.25, -0.2) is 9.97 Å². The Bertz CT molecular complexity index is 565. The third kappa shape index (κ3) is 3.74. The molecule has 2 heterocycles. The van der Waals surface area contributed by atoms with Crippen LogP contribution in [0.5, 0.6) is 0 Å². The molecule has 0 radical (unpaired) electrons. The number of nitrogens with one attached hydrogen (secondary N) is 1. The SMILES string of the molecule is CCc1cnc(C(C)Nc2nc(CC(=O)O)cs2)s1. The van der Waals surface area contributed by atoms with Crippen LogP contribution in [0.15, 0.2) is 11.6 Å². The van der Waals surface area contributed by atoms with Crippen LogP contribution in [0.2, 0.25) is 0 Å². The molecule has 2 aromatic heterocycles. The summed E-state index contributed by atoms with van der Waals surface area (Å²) in [5.74, 6) is -0.864. The molecular formula is C12H15N3O2S2. The molecule has 102 valence electrons. The molecule has 0 bridgehead atoms. The van der Waals surface area contributed by atoms with E-state index in [0.29, 0.717) is 5.69 Å². The van der Waals surface area contributed by atoms with Crippen molar-refractivity contribution in [3.8, 4) is 0 Å². The first-order valence-corrected chi connectivity index (χ1v) is 7.65. The molecule has 7 heteroatoms. The molecule has 2 N–H and O–H groups in total. The highest BCUT2D eigenvalue weighted by Gasteiger charge is 2.12. The van der Waals surface area contributed by atoms with Gasteiger partial charge < -0.3 is 10.4 Å². The molecule has 0 fully saturated rings. The van der Waals surface area contributed by atoms with Crippen LogP contribution >= 0.6 is 22.7 Å². The molecule has 0 aliphatic rings. The van der Waals surface area contributed by atoms with Gasteiger partial charge in [-0.15, -0.1) is 22.7 Å². The highest BCUT2D eigenvalue weighted by molar-refractivity contribution is 7.14. The summed E-state index contributed by atoms with van der Waals surface area (Å²) in [6.45, 7) is 4.13. The molecule has 1 unspecified atom stereocenters. The van der Waals surface area contributed by atoms with E-state index in [2.05, 4.69) is 22.2 Å². The number of aromatic nitrogens is 2. The Balaban J connectivity index is 2.00. The van der Waals surface area contributed by atoms with Gasteiger partial charge in [-0.1, -0.05) is 6.92 Å². The van der Waals surface area contributed by atoms with E-state index >= 15 is 0 Å². The molecule has 0 aliphatic heterocycles. The molecule has 5 nitrogen and oxygen atoms in total. The summed E-state index contributed by atoms with van der Waals surface area (Å²) in [5, 5.41) is 15.5. The van der Waals surface area contributed by atoms with Crippen molar-refractivity contribution < 1.29 is 9.90 Å². The minimum Gasteiger partial charge on any atom is -0.481 e. The van der Waals surface area contributed by atoms with Crippen molar-refractivity contribution in [2.75, 3.05) is 5.32 Å². The number of thiazole rings is 2. The Morgan fingerprint density at radius 3 is 3.00 bits per heavy atom. The third-order valence-electron chi connectivity index (χ3n) is 2.51. The molecule has 2 aromatic rings. The van der Waals surface area contributed by atoms with Crippen LogP contribution in [-0.2, 0) is 17.6 Å². The average Bonchev–Trinajstić information content (AvgIpc) is 2.97. The highest BCUT2D eigenvalue weighted by Crippen LogP contribution is 2.25. The maximum Gasteiger partial charge on any atom is 0.309 e. The number of aliphatic carboxylic acids is 1. The van der Waals surface area contributed by atoms with Crippen molar-refractivity contribution in [1.82, 2.24) is 9.97 Å². The normalized spacial score (nSPS) is 12.3. The van der Waals surface area contributed by atoms with Gasteiger partial charge in [0.15, 0.2) is 5.13 Å². The molecule has 19 heavy (non-hydrogen) atoms. The van der Waals surface area contributed by atoms with Gasteiger partial charge >= 0.3 is 5.97 Å². The molecule has 0 saturated heterocycles. The lowest BCUT2D eigenvalue weighted by atomic mass is 10.3. The molecule has 0 spiro atoms. The summed E-state index contributed by atoms with van der Waals surface area (Å²) in [7, 11) is 0. The fourth-order valence-corrected chi connectivity index (χ4v) is 3.20. The second kappa shape index (κ2) is 6.12. The first-order valence-electron chi connectivity index (χ1n) is 5.95. The van der Waals surface area contributed by atoms with Gasteiger partial charge in [0.1, 0.15) is 5.01 Å². The molecule has 2 rings (SSSR count). The van der Waals surface area contributed by atoms with Crippen LogP contribution in [0.3, 0.4) is 0 Å². The van der Waals surface area contributed by atoms with Gasteiger partial charge in [0.2, 0.25) is 0 Å². The van der Waals surface area contributed by atoms with Gasteiger partial charge in [-0.2, -0.15) is 0 Å². The standard InChI is InChI=1S/C12H15N3O2S2/c1-3-9-5-13-11(19-9)7(2)14-12-15-8(6-18-12)4-10(16)17/h5-7H,3-4H2,1-2H3,(H,14,15)(H,16,17). The number of rotatable bonds is 6. The van der Waals surface area contributed by atoms with E-state index in [0.717, 1.165) is 16.6 Å². The maximum atomic E-state index is 10.6. The van der Waals surface area contributed by atoms with Crippen molar-refractivity contribution in [2.24, 2.45) is 0 Å². The predicted octanol–water partition coefficient (Wildman–Crippen LogP) is 2.96. The molecule has 0 aromatic carbocycles. The van der Waals surface area contributed by atoms with Crippen LogP contribution in [0.4, 0.5) is 5.13 Å². The van der Waals surface area contributed by atoms with Crippen molar-refractivity contribution in [3.05, 3.63) is 27.2 Å². The largest absolute Gasteiger partial charge is 0.481 e. The smallest absolute Gasteiger partial charge is 0.309 e. The number of carboxylic acids is 1. The topological polar surface area (TPSA) is 75.1 Å². The zero-order valence-corrected chi connectivity index (χ0v) is 12.3. The van der Waals surface area contributed by atoms with Crippen molar-refractivity contribution in [1.29, 1.82) is 0 Å². The van der Waals surface area contributed by atoms with Crippen LogP contribution in [0, 0.1) is 0 Å². The summed E-state index contributed by atoms with van der Waals surface area (Å²) in [4.78, 5) is 20.5. The Labute approximate surface area is 119 Å². The number of carboxylic acid groups (broad SMARTS) is 1. The zero-order valence-electron chi connectivity index (χ0n) is 10.7. The Kier molecular flexibility index (Phi) is 4.49. The van der Waals surface area contributed by atoms with Crippen molar-refractivity contribution in [3.63, 3.8) is 0 Å². The Morgan fingerprint density at radius 1 is 1.58 bits per heavy atom. The first-order chi connectivity index (χ1) is 9.08. The number of nitrogens with zero attached hydrogens (tertiary/aromatic N) is 2. The van der Waals surface area contributed by atoms with Gasteiger partial charge in [-0.3, -0.25) is 4.79 Å². The lowest BCUT2D eigenvalue weighted by molar-refractivity contribution is -0.136. The maximum absolute atomic E-state index is 10.6. The summed E-state index contributed by atoms with van der Waals surface area (Å²) in [5.41, 5.74) is 0.584. The number of anilines is 1. The molecular weight excluding hydrogens is 282 g/mol. The van der Waals surface area contributed by atoms with Gasteiger partial charge in [0, 0.05) is 16.5 Å². The van der Waals surface area contributed by atoms with Crippen LogP contribution in [0.25, 0.3) is 0 Å². The lowest BCUT2D eigenvalue weighted by Gasteiger charge is -2.09. The quantitative estimate of drug-likeness (QED) is 0.857. The monoisotopic (exact) mass is 297 g/mol. The zero-order chi connectivity index (χ0) is 13.8. The predicted molar refractivity (Wildman–Crippen MR) is 77.0 cm³/mol. The van der Waals surface area contributed by atoms with E-state index < -0.39 is 5.97 Å². The Morgan fingerprint density at radius 2 is 2.37 bits per heavy atom. The van der Waals surface area contributed by atoms with Crippen LogP contribution < -0.4 is 5.32 Å². The molecule has 0 aliphatic carbocycles. The minimum atomic E-state index is -0.864. The van der Waals surface area contributed by atoms with E-state index in [9.17, 15) is 4.79 Å². The summed E-state index contributed by atoms with van der Waals surface area (Å²) in [6, 6.07) is 0.0779. The lowest BCUT2D eigenvalue weighted by Crippen LogP contribution is -2.06. The van der Waals surface area contributed by atoms with Gasteiger partial charge in [-0.05, 0) is 13.3 Å². The Hall–Kier alpha value is -1.47. The fraction of sp³-hybridized carbons (Fsp3) is 0.417. The number of carbonyl (C=O) groups is 1. The summed E-state index contributed by atoms with van der Waals surface area (Å²) < 4.78 is 0. The summed E-state index contributed by atoms with van der Waals surface area (Å²) in [6.07, 6.45) is 2.85. The summed E-state index contributed by atoms with van der Waals surface area (Å²) >= 11 is 3.11. The van der Waals surface area contributed by atoms with E-state index in [1.54, 1.807) is 16.7 Å². The minimum absolute atomic E-state index is 0.0379. The van der Waals surface area contributed by atoms with E-state index in [4.69, 9.17) is 5.11 Å².